The summed E-state index contributed by atoms with van der Waals surface area (Å²) in [5.74, 6) is -1.48. The lowest BCUT2D eigenvalue weighted by Gasteiger charge is -2.31. The number of benzene rings is 3. The minimum Gasteiger partial charge on any atom is -0.497 e. The van der Waals surface area contributed by atoms with Gasteiger partial charge < -0.3 is 19.7 Å². The maximum absolute atomic E-state index is 14.0. The van der Waals surface area contributed by atoms with Gasteiger partial charge in [-0.15, -0.1) is 5.10 Å². The third kappa shape index (κ3) is 5.63. The molecule has 0 saturated carbocycles. The molecule has 12 heteroatoms. The molecule has 5 rings (SSSR count). The van der Waals surface area contributed by atoms with Crippen molar-refractivity contribution in [1.82, 2.24) is 19.4 Å². The second kappa shape index (κ2) is 12.0. The van der Waals surface area contributed by atoms with Crippen LogP contribution in [0.1, 0.15) is 38.0 Å². The second-order valence-corrected chi connectivity index (χ2v) is 9.65. The number of hydrogen-bond acceptors (Lipinski definition) is 9. The SMILES string of the molecule is COc1ccc(NC(=O)[C@@H](c2csnn2)N(Cc2ccccc2)C(=O)CN2C(=O)c3ccccc3C2=O)c(OC)c1. The quantitative estimate of drug-likeness (QED) is 0.286. The number of carbonyl (C=O) groups is 4. The number of methoxy groups -OCH3 is 2. The third-order valence-electron chi connectivity index (χ3n) is 6.57. The Bertz CT molecular complexity index is 1560. The third-order valence-corrected chi connectivity index (χ3v) is 7.09. The number of nitrogens with zero attached hydrogens (tertiary/aromatic N) is 4. The van der Waals surface area contributed by atoms with E-state index in [0.29, 0.717) is 17.2 Å². The molecule has 0 radical (unpaired) electrons. The topological polar surface area (TPSA) is 131 Å². The average Bonchev–Trinajstić information content (AvgIpc) is 3.61. The molecular weight excluding hydrogens is 546 g/mol. The summed E-state index contributed by atoms with van der Waals surface area (Å²) in [5.41, 5.74) is 1.76. The predicted octanol–water partition coefficient (Wildman–Crippen LogP) is 3.56. The monoisotopic (exact) mass is 571 g/mol. The molecule has 1 N–H and O–H groups in total. The van der Waals surface area contributed by atoms with E-state index in [1.165, 1.54) is 19.1 Å². The number of nitrogens with one attached hydrogen (secondary N) is 1. The van der Waals surface area contributed by atoms with E-state index in [2.05, 4.69) is 14.9 Å². The minimum absolute atomic E-state index is 0.00178. The van der Waals surface area contributed by atoms with Gasteiger partial charge in [0, 0.05) is 18.0 Å². The van der Waals surface area contributed by atoms with Crippen molar-refractivity contribution in [2.45, 2.75) is 12.6 Å². The Hall–Kier alpha value is -5.10. The van der Waals surface area contributed by atoms with Crippen LogP contribution in [0, 0.1) is 0 Å². The van der Waals surface area contributed by atoms with Gasteiger partial charge in [0.2, 0.25) is 5.91 Å². The maximum atomic E-state index is 14.0. The summed E-state index contributed by atoms with van der Waals surface area (Å²) in [6.45, 7) is -0.565. The van der Waals surface area contributed by atoms with E-state index < -0.39 is 36.2 Å². The smallest absolute Gasteiger partial charge is 0.262 e. The van der Waals surface area contributed by atoms with E-state index in [0.717, 1.165) is 22.0 Å². The Morgan fingerprint density at radius 3 is 2.24 bits per heavy atom. The van der Waals surface area contributed by atoms with Crippen LogP contribution in [0.3, 0.4) is 0 Å². The largest absolute Gasteiger partial charge is 0.497 e. The molecule has 3 aromatic carbocycles. The highest BCUT2D eigenvalue weighted by Crippen LogP contribution is 2.32. The van der Waals surface area contributed by atoms with Crippen molar-refractivity contribution >= 4 is 40.8 Å². The van der Waals surface area contributed by atoms with E-state index in [-0.39, 0.29) is 23.4 Å². The number of aromatic nitrogens is 2. The Morgan fingerprint density at radius 2 is 1.63 bits per heavy atom. The summed E-state index contributed by atoms with van der Waals surface area (Å²) < 4.78 is 14.6. The fraction of sp³-hybridized carbons (Fsp3) is 0.172. The van der Waals surface area contributed by atoms with Crippen molar-refractivity contribution in [1.29, 1.82) is 0 Å². The highest BCUT2D eigenvalue weighted by molar-refractivity contribution is 7.03. The van der Waals surface area contributed by atoms with Gasteiger partial charge in [-0.25, -0.2) is 0 Å². The van der Waals surface area contributed by atoms with Crippen LogP contribution in [0.5, 0.6) is 11.5 Å². The standard InChI is InChI=1S/C29H25N5O6S/c1-39-19-12-13-22(24(14-19)40-2)30-27(36)26(23-17-41-32-31-23)33(15-18-8-4-3-5-9-18)25(35)16-34-28(37)20-10-6-7-11-21(20)29(34)38/h3-14,17,26H,15-16H2,1-2H3,(H,30,36)/t26-/m1/s1. The molecule has 0 spiro atoms. The summed E-state index contributed by atoms with van der Waals surface area (Å²) in [7, 11) is 2.97. The molecule has 4 aromatic rings. The van der Waals surface area contributed by atoms with Crippen molar-refractivity contribution in [2.75, 3.05) is 26.1 Å². The highest BCUT2D eigenvalue weighted by atomic mass is 32.1. The van der Waals surface area contributed by atoms with Gasteiger partial charge in [-0.05, 0) is 41.4 Å². The molecule has 41 heavy (non-hydrogen) atoms. The van der Waals surface area contributed by atoms with E-state index in [1.807, 2.05) is 30.3 Å². The van der Waals surface area contributed by atoms with Crippen LogP contribution in [-0.2, 0) is 16.1 Å². The van der Waals surface area contributed by atoms with E-state index in [9.17, 15) is 19.2 Å². The molecule has 2 heterocycles. The number of ether oxygens (including phenoxy) is 2. The van der Waals surface area contributed by atoms with Crippen LogP contribution >= 0.6 is 11.5 Å². The molecule has 4 amide bonds. The molecule has 0 unspecified atom stereocenters. The molecule has 1 atom stereocenters. The van der Waals surface area contributed by atoms with Crippen LogP contribution in [0.15, 0.2) is 78.2 Å². The average molecular weight is 572 g/mol. The van der Waals surface area contributed by atoms with Crippen molar-refractivity contribution in [3.63, 3.8) is 0 Å². The van der Waals surface area contributed by atoms with Crippen LogP contribution in [-0.4, -0.2) is 63.8 Å². The Kier molecular flexibility index (Phi) is 8.01. The van der Waals surface area contributed by atoms with Gasteiger partial charge in [0.05, 0.1) is 31.0 Å². The summed E-state index contributed by atoms with van der Waals surface area (Å²) in [6.07, 6.45) is 0. The second-order valence-electron chi connectivity index (χ2n) is 9.04. The fourth-order valence-corrected chi connectivity index (χ4v) is 5.01. The number of anilines is 1. The van der Waals surface area contributed by atoms with Gasteiger partial charge >= 0.3 is 0 Å². The zero-order chi connectivity index (χ0) is 28.9. The fourth-order valence-electron chi connectivity index (χ4n) is 4.54. The first kappa shape index (κ1) is 27.5. The van der Waals surface area contributed by atoms with Crippen LogP contribution < -0.4 is 14.8 Å². The Morgan fingerprint density at radius 1 is 0.951 bits per heavy atom. The van der Waals surface area contributed by atoms with Gasteiger partial charge in [-0.2, -0.15) is 0 Å². The van der Waals surface area contributed by atoms with Crippen molar-refractivity contribution in [3.05, 3.63) is 101 Å². The molecule has 0 fully saturated rings. The van der Waals surface area contributed by atoms with Gasteiger partial charge in [0.15, 0.2) is 6.04 Å². The van der Waals surface area contributed by atoms with Gasteiger partial charge in [-0.1, -0.05) is 47.0 Å². The van der Waals surface area contributed by atoms with Crippen LogP contribution in [0.4, 0.5) is 5.69 Å². The Balaban J connectivity index is 1.50. The summed E-state index contributed by atoms with van der Waals surface area (Å²) in [6, 6.07) is 19.1. The summed E-state index contributed by atoms with van der Waals surface area (Å²) >= 11 is 1.03. The molecule has 1 aromatic heterocycles. The van der Waals surface area contributed by atoms with Crippen molar-refractivity contribution in [2.24, 2.45) is 0 Å². The number of amides is 4. The lowest BCUT2D eigenvalue weighted by atomic mass is 10.1. The molecular formula is C29H25N5O6S. The molecule has 11 nitrogen and oxygen atoms in total. The number of hydrogen-bond donors (Lipinski definition) is 1. The van der Waals surface area contributed by atoms with E-state index in [4.69, 9.17) is 9.47 Å². The van der Waals surface area contributed by atoms with E-state index >= 15 is 0 Å². The normalized spacial score (nSPS) is 13.0. The molecule has 0 aliphatic carbocycles. The zero-order valence-electron chi connectivity index (χ0n) is 22.1. The van der Waals surface area contributed by atoms with Crippen molar-refractivity contribution in [3.8, 4) is 11.5 Å². The zero-order valence-corrected chi connectivity index (χ0v) is 23.0. The number of fused-ring (bicyclic) bond motifs is 1. The molecule has 208 valence electrons. The molecule has 0 bridgehead atoms. The van der Waals surface area contributed by atoms with Crippen molar-refractivity contribution < 1.29 is 28.7 Å². The van der Waals surface area contributed by atoms with Gasteiger partial charge in [-0.3, -0.25) is 24.1 Å². The Labute approximate surface area is 239 Å². The lowest BCUT2D eigenvalue weighted by Crippen LogP contribution is -2.47. The first-order chi connectivity index (χ1) is 19.9. The summed E-state index contributed by atoms with van der Waals surface area (Å²) in [4.78, 5) is 56.1. The number of rotatable bonds is 10. The molecule has 1 aliphatic heterocycles. The molecule has 0 saturated heterocycles. The van der Waals surface area contributed by atoms with Gasteiger partial charge in [0.25, 0.3) is 17.7 Å². The molecule has 1 aliphatic rings. The lowest BCUT2D eigenvalue weighted by molar-refractivity contribution is -0.140. The van der Waals surface area contributed by atoms with Crippen LogP contribution in [0.25, 0.3) is 0 Å². The van der Waals surface area contributed by atoms with Crippen LogP contribution in [0.2, 0.25) is 0 Å². The number of imide groups is 1. The predicted molar refractivity (Wildman–Crippen MR) is 150 cm³/mol. The van der Waals surface area contributed by atoms with Gasteiger partial charge in [0.1, 0.15) is 23.7 Å². The number of carbonyl (C=O) groups excluding carboxylic acids is 4. The maximum Gasteiger partial charge on any atom is 0.262 e. The minimum atomic E-state index is -1.25. The first-order valence-corrected chi connectivity index (χ1v) is 13.3. The summed E-state index contributed by atoms with van der Waals surface area (Å²) in [5, 5.41) is 8.50. The first-order valence-electron chi connectivity index (χ1n) is 12.5. The van der Waals surface area contributed by atoms with E-state index in [1.54, 1.807) is 47.8 Å². The highest BCUT2D eigenvalue weighted by Gasteiger charge is 2.40.